The van der Waals surface area contributed by atoms with E-state index in [-0.39, 0.29) is 34.9 Å². The van der Waals surface area contributed by atoms with Gasteiger partial charge in [0.15, 0.2) is 0 Å². The molecule has 3 aromatic rings. The van der Waals surface area contributed by atoms with Gasteiger partial charge in [0.05, 0.1) is 23.4 Å². The fourth-order valence-corrected chi connectivity index (χ4v) is 3.81. The molecule has 0 saturated heterocycles. The van der Waals surface area contributed by atoms with E-state index in [1.54, 1.807) is 39.0 Å². The summed E-state index contributed by atoms with van der Waals surface area (Å²) in [5.41, 5.74) is 2.33. The molecule has 7 heteroatoms. The van der Waals surface area contributed by atoms with Crippen LogP contribution in [0.2, 0.25) is 0 Å². The zero-order chi connectivity index (χ0) is 25.4. The van der Waals surface area contributed by atoms with E-state index in [4.69, 9.17) is 0 Å². The fraction of sp³-hybridized carbons (Fsp3) is 0.276. The molecule has 190 valence electrons. The average Bonchev–Trinajstić information content (AvgIpc) is 2.86. The topological polar surface area (TPSA) is 99.9 Å². The van der Waals surface area contributed by atoms with Crippen LogP contribution in [0, 0.1) is 0 Å². The summed E-state index contributed by atoms with van der Waals surface area (Å²) in [6.45, 7) is 7.35. The van der Waals surface area contributed by atoms with Crippen LogP contribution in [0.1, 0.15) is 56.8 Å². The van der Waals surface area contributed by atoms with Gasteiger partial charge in [-0.05, 0) is 44.7 Å². The van der Waals surface area contributed by atoms with Gasteiger partial charge in [0.1, 0.15) is 0 Å². The van der Waals surface area contributed by atoms with E-state index in [2.05, 4.69) is 15.3 Å². The van der Waals surface area contributed by atoms with Crippen molar-refractivity contribution in [1.29, 1.82) is 0 Å². The van der Waals surface area contributed by atoms with E-state index in [1.165, 1.54) is 0 Å². The molecule has 0 saturated carbocycles. The molecule has 3 rings (SSSR count). The first-order chi connectivity index (χ1) is 16.7. The van der Waals surface area contributed by atoms with Gasteiger partial charge < -0.3 is 20.3 Å². The number of benzene rings is 3. The summed E-state index contributed by atoms with van der Waals surface area (Å²) >= 11 is 0. The molecular formula is C29H31N3NiO3. The minimum absolute atomic E-state index is 0. The second-order valence-electron chi connectivity index (χ2n) is 8.92. The van der Waals surface area contributed by atoms with E-state index in [0.717, 1.165) is 11.1 Å². The molecule has 1 N–H and O–H groups in total. The molecule has 0 fully saturated rings. The third-order valence-electron chi connectivity index (χ3n) is 5.78. The Morgan fingerprint density at radius 3 is 2.06 bits per heavy atom. The van der Waals surface area contributed by atoms with Gasteiger partial charge in [-0.25, -0.2) is 0 Å². The Kier molecular flexibility index (Phi) is 10.6. The van der Waals surface area contributed by atoms with Crippen molar-refractivity contribution in [2.24, 2.45) is 9.98 Å². The van der Waals surface area contributed by atoms with E-state index >= 15 is 0 Å². The number of rotatable bonds is 10. The van der Waals surface area contributed by atoms with Crippen LogP contribution < -0.4 is 15.5 Å². The first-order valence-electron chi connectivity index (χ1n) is 11.7. The van der Waals surface area contributed by atoms with E-state index < -0.39 is 17.6 Å². The molecule has 6 nitrogen and oxygen atoms in total. The first-order valence-corrected chi connectivity index (χ1v) is 11.7. The van der Waals surface area contributed by atoms with Crippen LogP contribution in [0.25, 0.3) is 0 Å². The molecule has 0 aliphatic heterocycles. The molecule has 0 amide bonds. The number of nitrogens with zero attached hydrogens (tertiary/aromatic N) is 2. The quantitative estimate of drug-likeness (QED) is 0.247. The minimum atomic E-state index is -1.24. The number of hydrogen-bond acceptors (Lipinski definition) is 6. The Hall–Kier alpha value is -3.28. The Balaban J connectivity index is 0.00000456. The van der Waals surface area contributed by atoms with Gasteiger partial charge in [0.2, 0.25) is 0 Å². The number of carboxylic acid groups (broad SMARTS) is 1. The summed E-state index contributed by atoms with van der Waals surface area (Å²) < 4.78 is 0. The van der Waals surface area contributed by atoms with E-state index in [1.807, 2.05) is 73.7 Å². The number of aliphatic imine (C=N–C) groups is 2. The Morgan fingerprint density at radius 1 is 0.917 bits per heavy atom. The maximum Gasteiger partial charge on any atom is 2.00 e. The van der Waals surface area contributed by atoms with Gasteiger partial charge in [-0.1, -0.05) is 85.8 Å². The normalized spacial score (nSPS) is 14.0. The summed E-state index contributed by atoms with van der Waals surface area (Å²) in [5.74, 6) is -1.58. The standard InChI is InChI=1S/C29H33N3O3.Ni/c1-5-24(27(33)34)30-26(22-16-10-7-11-17-22)23-18-12-13-19-25(23)31-28(35)29(3,4)32-20(2)21-14-8-6-9-15-21;/h6-20,24,32H,5H2,1-4H3,(H,31,35)(H,33,34);/q;+2/p-2/t20-,24-;/m1./s1. The van der Waals surface area contributed by atoms with Crippen molar-refractivity contribution < 1.29 is 31.5 Å². The summed E-state index contributed by atoms with van der Waals surface area (Å²) in [6.07, 6.45) is 0.283. The number of aliphatic carboxylic acids is 1. The Labute approximate surface area is 223 Å². The Morgan fingerprint density at radius 2 is 1.47 bits per heavy atom. The molecule has 0 unspecified atom stereocenters. The molecule has 36 heavy (non-hydrogen) atoms. The van der Waals surface area contributed by atoms with E-state index in [0.29, 0.717) is 17.0 Å². The molecule has 3 aromatic carbocycles. The molecule has 0 spiro atoms. The largest absolute Gasteiger partial charge is 2.00 e. The zero-order valence-electron chi connectivity index (χ0n) is 20.9. The van der Waals surface area contributed by atoms with Crippen LogP contribution in [0.3, 0.4) is 0 Å². The van der Waals surface area contributed by atoms with E-state index in [9.17, 15) is 15.0 Å². The van der Waals surface area contributed by atoms with Crippen LogP contribution in [0.4, 0.5) is 5.69 Å². The third kappa shape index (κ3) is 7.36. The summed E-state index contributed by atoms with van der Waals surface area (Å²) in [5, 5.41) is 28.3. The Bertz CT molecular complexity index is 1190. The second-order valence-corrected chi connectivity index (χ2v) is 8.92. The SMILES string of the molecule is CC[C@@H](N=C(c1ccccc1)c1ccccc1N=C([O-])C(C)(C)N[C@H](C)c1ccccc1)C(=O)[O-].[Ni+2]. The first kappa shape index (κ1) is 29.0. The predicted octanol–water partition coefficient (Wildman–Crippen LogP) is 3.57. The molecule has 0 radical (unpaired) electrons. The molecule has 0 aromatic heterocycles. The van der Waals surface area contributed by atoms with Crippen molar-refractivity contribution in [2.45, 2.75) is 51.7 Å². The molecule has 0 aliphatic rings. The van der Waals surface area contributed by atoms with Crippen molar-refractivity contribution in [3.8, 4) is 0 Å². The van der Waals surface area contributed by atoms with Crippen LogP contribution >= 0.6 is 0 Å². The maximum absolute atomic E-state index is 13.3. The van der Waals surface area contributed by atoms with Crippen molar-refractivity contribution >= 4 is 23.3 Å². The summed E-state index contributed by atoms with van der Waals surface area (Å²) in [6, 6.07) is 25.3. The second kappa shape index (κ2) is 13.1. The molecule has 0 bridgehead atoms. The van der Waals surface area contributed by atoms with Crippen LogP contribution in [-0.2, 0) is 21.3 Å². The smallest absolute Gasteiger partial charge is 0.860 e. The molecule has 2 atom stereocenters. The third-order valence-corrected chi connectivity index (χ3v) is 5.78. The zero-order valence-corrected chi connectivity index (χ0v) is 21.9. The van der Waals surface area contributed by atoms with Crippen molar-refractivity contribution in [3.05, 3.63) is 102 Å². The van der Waals surface area contributed by atoms with Crippen LogP contribution in [-0.4, -0.2) is 29.2 Å². The maximum atomic E-state index is 13.3. The average molecular weight is 528 g/mol. The number of carbonyl (C=O) groups excluding carboxylic acids is 1. The number of para-hydroxylation sites is 1. The summed E-state index contributed by atoms with van der Waals surface area (Å²) in [4.78, 5) is 20.6. The number of carboxylic acids is 1. The molecule has 0 heterocycles. The van der Waals surface area contributed by atoms with Crippen LogP contribution in [0.15, 0.2) is 94.9 Å². The van der Waals surface area contributed by atoms with Crippen molar-refractivity contribution in [1.82, 2.24) is 5.32 Å². The minimum Gasteiger partial charge on any atom is -0.860 e. The monoisotopic (exact) mass is 527 g/mol. The molecular weight excluding hydrogens is 497 g/mol. The number of carbonyl (C=O) groups is 1. The molecule has 0 aliphatic carbocycles. The predicted molar refractivity (Wildman–Crippen MR) is 137 cm³/mol. The van der Waals surface area contributed by atoms with Gasteiger partial charge in [-0.15, -0.1) is 0 Å². The van der Waals surface area contributed by atoms with Gasteiger partial charge in [0, 0.05) is 22.7 Å². The van der Waals surface area contributed by atoms with Gasteiger partial charge in [0.25, 0.3) is 0 Å². The van der Waals surface area contributed by atoms with Crippen molar-refractivity contribution in [3.63, 3.8) is 0 Å². The van der Waals surface area contributed by atoms with Gasteiger partial charge in [-0.3, -0.25) is 9.98 Å². The van der Waals surface area contributed by atoms with Gasteiger partial charge >= 0.3 is 16.5 Å². The number of hydrogen-bond donors (Lipinski definition) is 1. The number of nitrogens with one attached hydrogen (secondary N) is 1. The van der Waals surface area contributed by atoms with Crippen LogP contribution in [0.5, 0.6) is 0 Å². The summed E-state index contributed by atoms with van der Waals surface area (Å²) in [7, 11) is 0. The fourth-order valence-electron chi connectivity index (χ4n) is 3.81. The van der Waals surface area contributed by atoms with Crippen molar-refractivity contribution in [2.75, 3.05) is 0 Å². The van der Waals surface area contributed by atoms with Gasteiger partial charge in [-0.2, -0.15) is 0 Å².